The summed E-state index contributed by atoms with van der Waals surface area (Å²) in [4.78, 5) is 29.2. The molecular formula is C24H26N4O4. The zero-order valence-corrected chi connectivity index (χ0v) is 18.6. The van der Waals surface area contributed by atoms with E-state index in [9.17, 15) is 9.59 Å². The molecule has 8 nitrogen and oxygen atoms in total. The lowest BCUT2D eigenvalue weighted by molar-refractivity contribution is -0.121. The van der Waals surface area contributed by atoms with Crippen molar-refractivity contribution in [1.29, 1.82) is 0 Å². The van der Waals surface area contributed by atoms with Crippen LogP contribution in [-0.2, 0) is 11.3 Å². The minimum Gasteiger partial charge on any atom is -0.493 e. The number of amides is 1. The van der Waals surface area contributed by atoms with Crippen molar-refractivity contribution in [2.75, 3.05) is 20.8 Å². The molecule has 166 valence electrons. The number of nitrogens with zero attached hydrogens (tertiary/aromatic N) is 3. The molecule has 4 rings (SSSR count). The Morgan fingerprint density at radius 2 is 1.78 bits per heavy atom. The fourth-order valence-corrected chi connectivity index (χ4v) is 3.95. The first-order valence-corrected chi connectivity index (χ1v) is 10.4. The van der Waals surface area contributed by atoms with Crippen LogP contribution in [0.2, 0.25) is 0 Å². The molecule has 0 aliphatic heterocycles. The number of carbonyl (C=O) groups excluding carboxylic acids is 1. The molecule has 0 bridgehead atoms. The van der Waals surface area contributed by atoms with E-state index < -0.39 is 0 Å². The maximum absolute atomic E-state index is 12.9. The number of hydrogen-bond acceptors (Lipinski definition) is 5. The zero-order chi connectivity index (χ0) is 22.8. The summed E-state index contributed by atoms with van der Waals surface area (Å²) in [5.74, 6) is 1.10. The lowest BCUT2D eigenvalue weighted by Gasteiger charge is -2.15. The Morgan fingerprint density at radius 1 is 1.09 bits per heavy atom. The summed E-state index contributed by atoms with van der Waals surface area (Å²) in [5.41, 5.74) is 2.70. The van der Waals surface area contributed by atoms with Crippen molar-refractivity contribution in [3.63, 3.8) is 0 Å². The summed E-state index contributed by atoms with van der Waals surface area (Å²) in [6.07, 6.45) is 0. The fourth-order valence-electron chi connectivity index (χ4n) is 3.95. The van der Waals surface area contributed by atoms with Gasteiger partial charge in [0.2, 0.25) is 5.91 Å². The Hall–Kier alpha value is -3.81. The molecule has 0 unspecified atom stereocenters. The monoisotopic (exact) mass is 434 g/mol. The van der Waals surface area contributed by atoms with Crippen molar-refractivity contribution in [3.05, 3.63) is 70.1 Å². The molecule has 32 heavy (non-hydrogen) atoms. The van der Waals surface area contributed by atoms with Gasteiger partial charge >= 0.3 is 0 Å². The van der Waals surface area contributed by atoms with E-state index in [-0.39, 0.29) is 23.9 Å². The number of aromatic nitrogens is 3. The smallest absolute Gasteiger partial charge is 0.273 e. The first kappa shape index (κ1) is 21.4. The Kier molecular flexibility index (Phi) is 5.85. The molecule has 0 saturated carbocycles. The second-order valence-electron chi connectivity index (χ2n) is 7.77. The highest BCUT2D eigenvalue weighted by atomic mass is 16.5. The van der Waals surface area contributed by atoms with E-state index >= 15 is 0 Å². The summed E-state index contributed by atoms with van der Waals surface area (Å²) in [6, 6.07) is 15.1. The van der Waals surface area contributed by atoms with Crippen LogP contribution >= 0.6 is 0 Å². The predicted molar refractivity (Wildman–Crippen MR) is 123 cm³/mol. The normalized spacial score (nSPS) is 12.1. The molecule has 0 spiro atoms. The summed E-state index contributed by atoms with van der Waals surface area (Å²) >= 11 is 0. The molecule has 2 aromatic heterocycles. The first-order valence-electron chi connectivity index (χ1n) is 10.4. The van der Waals surface area contributed by atoms with Gasteiger partial charge in [0.15, 0.2) is 17.1 Å². The molecule has 4 aromatic rings. The third-order valence-corrected chi connectivity index (χ3v) is 5.61. The van der Waals surface area contributed by atoms with Crippen molar-refractivity contribution >= 4 is 22.5 Å². The number of benzene rings is 2. The summed E-state index contributed by atoms with van der Waals surface area (Å²) in [5, 5.41) is 3.72. The molecule has 0 saturated heterocycles. The molecule has 0 aliphatic rings. The van der Waals surface area contributed by atoms with Gasteiger partial charge in [-0.2, -0.15) is 4.98 Å². The van der Waals surface area contributed by atoms with E-state index in [4.69, 9.17) is 9.47 Å². The topological polar surface area (TPSA) is 86.9 Å². The third kappa shape index (κ3) is 3.91. The second kappa shape index (κ2) is 8.74. The average Bonchev–Trinajstić information content (AvgIpc) is 3.09. The highest BCUT2D eigenvalue weighted by Gasteiger charge is 2.19. The van der Waals surface area contributed by atoms with E-state index in [0.717, 1.165) is 5.52 Å². The molecule has 8 heteroatoms. The van der Waals surface area contributed by atoms with Crippen molar-refractivity contribution in [1.82, 2.24) is 19.5 Å². The van der Waals surface area contributed by atoms with Gasteiger partial charge in [0.1, 0.15) is 6.54 Å². The van der Waals surface area contributed by atoms with Crippen LogP contribution in [0, 0.1) is 6.92 Å². The molecule has 1 amide bonds. The summed E-state index contributed by atoms with van der Waals surface area (Å²) in [7, 11) is 3.11. The van der Waals surface area contributed by atoms with Gasteiger partial charge in [-0.15, -0.1) is 0 Å². The number of fused-ring (bicyclic) bond motifs is 3. The van der Waals surface area contributed by atoms with Gasteiger partial charge in [0, 0.05) is 29.8 Å². The highest BCUT2D eigenvalue weighted by molar-refractivity contribution is 5.96. The first-order chi connectivity index (χ1) is 15.4. The van der Waals surface area contributed by atoms with Crippen LogP contribution in [0.3, 0.4) is 0 Å². The quantitative estimate of drug-likeness (QED) is 0.483. The third-order valence-electron chi connectivity index (χ3n) is 5.61. The van der Waals surface area contributed by atoms with Crippen LogP contribution < -0.4 is 20.3 Å². The van der Waals surface area contributed by atoms with Gasteiger partial charge in [0.25, 0.3) is 5.56 Å². The lowest BCUT2D eigenvalue weighted by atomic mass is 10.0. The average molecular weight is 434 g/mol. The van der Waals surface area contributed by atoms with E-state index in [1.165, 1.54) is 11.6 Å². The minimum absolute atomic E-state index is 0.0579. The standard InChI is InChI=1S/C24H26N4O4/c1-15(17-8-6-5-7-9-17)13-25-23(30)14-27-19-12-21(32-4)20(31-3)11-18(19)24-26-22(29)10-16(2)28(24)27/h5-12,15H,13-14H2,1-4H3,(H,25,30)/t15-/m1/s1. The Bertz CT molecular complexity index is 1340. The van der Waals surface area contributed by atoms with Crippen molar-refractivity contribution in [2.45, 2.75) is 26.3 Å². The number of nitrogens with one attached hydrogen (secondary N) is 1. The molecule has 2 heterocycles. The minimum atomic E-state index is -0.336. The maximum atomic E-state index is 12.9. The zero-order valence-electron chi connectivity index (χ0n) is 18.6. The van der Waals surface area contributed by atoms with Gasteiger partial charge < -0.3 is 14.8 Å². The van der Waals surface area contributed by atoms with Crippen LogP contribution in [0.4, 0.5) is 0 Å². The van der Waals surface area contributed by atoms with Crippen molar-refractivity contribution in [2.24, 2.45) is 0 Å². The predicted octanol–water partition coefficient (Wildman–Crippen LogP) is 2.89. The highest BCUT2D eigenvalue weighted by Crippen LogP contribution is 2.34. The van der Waals surface area contributed by atoms with Crippen molar-refractivity contribution < 1.29 is 14.3 Å². The van der Waals surface area contributed by atoms with Crippen molar-refractivity contribution in [3.8, 4) is 11.5 Å². The molecule has 0 aliphatic carbocycles. The Labute approximate surface area is 185 Å². The molecule has 0 radical (unpaired) electrons. The molecule has 1 atom stereocenters. The Morgan fingerprint density at radius 3 is 2.47 bits per heavy atom. The molecule has 2 aromatic carbocycles. The summed E-state index contributed by atoms with van der Waals surface area (Å²) < 4.78 is 14.5. The van der Waals surface area contributed by atoms with Gasteiger partial charge in [-0.3, -0.25) is 14.3 Å². The van der Waals surface area contributed by atoms with Crippen LogP contribution in [0.1, 0.15) is 24.1 Å². The number of rotatable bonds is 7. The SMILES string of the molecule is COc1cc2c(cc1OC)n(CC(=O)NC[C@@H](C)c1ccccc1)n1c(C)cc(=O)nc21. The number of carbonyl (C=O) groups is 1. The van der Waals surface area contributed by atoms with Gasteiger partial charge in [-0.25, -0.2) is 4.52 Å². The molecule has 0 fully saturated rings. The van der Waals surface area contributed by atoms with Crippen LogP contribution in [0.15, 0.2) is 53.3 Å². The van der Waals surface area contributed by atoms with E-state index in [0.29, 0.717) is 34.8 Å². The fraction of sp³-hybridized carbons (Fsp3) is 0.292. The second-order valence-corrected chi connectivity index (χ2v) is 7.77. The van der Waals surface area contributed by atoms with E-state index in [2.05, 4.69) is 29.4 Å². The number of aryl methyl sites for hydroxylation is 1. The largest absolute Gasteiger partial charge is 0.493 e. The van der Waals surface area contributed by atoms with E-state index in [1.807, 2.05) is 25.1 Å². The number of hydrogen-bond donors (Lipinski definition) is 1. The van der Waals surface area contributed by atoms with Crippen LogP contribution in [0.25, 0.3) is 16.6 Å². The molecule has 1 N–H and O–H groups in total. The molecular weight excluding hydrogens is 408 g/mol. The van der Waals surface area contributed by atoms with Crippen LogP contribution in [0.5, 0.6) is 11.5 Å². The van der Waals surface area contributed by atoms with E-state index in [1.54, 1.807) is 35.5 Å². The maximum Gasteiger partial charge on any atom is 0.273 e. The van der Waals surface area contributed by atoms with Gasteiger partial charge in [-0.1, -0.05) is 37.3 Å². The van der Waals surface area contributed by atoms with Crippen LogP contribution in [-0.4, -0.2) is 40.9 Å². The van der Waals surface area contributed by atoms with Gasteiger partial charge in [-0.05, 0) is 24.5 Å². The number of ether oxygens (including phenoxy) is 2. The van der Waals surface area contributed by atoms with Gasteiger partial charge in [0.05, 0.1) is 19.7 Å². The lowest BCUT2D eigenvalue weighted by Crippen LogP contribution is -2.32. The summed E-state index contributed by atoms with van der Waals surface area (Å²) in [6.45, 7) is 4.47. The number of methoxy groups -OCH3 is 2. The Balaban J connectivity index is 1.72.